The number of Topliss-reactive ketones (excluding diaryl/α,β-unsaturated/α-hetero) is 1. The second-order valence-corrected chi connectivity index (χ2v) is 8.67. The van der Waals surface area contributed by atoms with Gasteiger partial charge >= 0.3 is 0 Å². The van der Waals surface area contributed by atoms with Crippen molar-refractivity contribution in [1.82, 2.24) is 14.3 Å². The van der Waals surface area contributed by atoms with Crippen molar-refractivity contribution in [3.63, 3.8) is 0 Å². The van der Waals surface area contributed by atoms with Gasteiger partial charge in [0.15, 0.2) is 0 Å². The third kappa shape index (κ3) is 3.80. The van der Waals surface area contributed by atoms with Crippen molar-refractivity contribution in [2.75, 3.05) is 27.2 Å². The first-order valence-corrected chi connectivity index (χ1v) is 10.9. The van der Waals surface area contributed by atoms with E-state index in [4.69, 9.17) is 0 Å². The van der Waals surface area contributed by atoms with Crippen molar-refractivity contribution < 1.29 is 19.6 Å². The highest BCUT2D eigenvalue weighted by molar-refractivity contribution is 6.46. The highest BCUT2D eigenvalue weighted by atomic mass is 16.3. The van der Waals surface area contributed by atoms with Gasteiger partial charge in [-0.15, -0.1) is 0 Å². The molecule has 3 heterocycles. The quantitative estimate of drug-likeness (QED) is 0.353. The molecule has 1 unspecified atom stereocenters. The van der Waals surface area contributed by atoms with E-state index in [1.165, 1.54) is 4.90 Å². The van der Waals surface area contributed by atoms with Crippen LogP contribution in [0, 0.1) is 13.8 Å². The van der Waals surface area contributed by atoms with Crippen LogP contribution in [0.4, 0.5) is 0 Å². The number of carbonyl (C=O) groups excluding carboxylic acids is 2. The number of pyridine rings is 1. The summed E-state index contributed by atoms with van der Waals surface area (Å²) in [5.41, 5.74) is 3.33. The Kier molecular flexibility index (Phi) is 5.84. The molecule has 1 fully saturated rings. The predicted molar refractivity (Wildman–Crippen MR) is 120 cm³/mol. The Labute approximate surface area is 187 Å². The number of amides is 1. The molecular formula is C25H28N4O3. The molecule has 1 N–H and O–H groups in total. The van der Waals surface area contributed by atoms with Crippen LogP contribution in [0.25, 0.3) is 11.4 Å². The summed E-state index contributed by atoms with van der Waals surface area (Å²) >= 11 is 0. The van der Waals surface area contributed by atoms with Gasteiger partial charge in [-0.05, 0) is 31.5 Å². The van der Waals surface area contributed by atoms with Gasteiger partial charge in [-0.2, -0.15) is 0 Å². The fraction of sp³-hybridized carbons (Fsp3) is 0.320. The van der Waals surface area contributed by atoms with E-state index < -0.39 is 23.5 Å². The topological polar surface area (TPSA) is 82.2 Å². The van der Waals surface area contributed by atoms with E-state index >= 15 is 0 Å². The number of nitrogens with one attached hydrogen (secondary N) is 1. The third-order valence-electron chi connectivity index (χ3n) is 5.92. The number of rotatable bonds is 6. The number of aryl methyl sites for hydroxylation is 2. The van der Waals surface area contributed by atoms with Crippen LogP contribution >= 0.6 is 0 Å². The first-order chi connectivity index (χ1) is 15.3. The molecule has 0 radical (unpaired) electrons. The minimum atomic E-state index is -0.719. The number of likely N-dealkylation sites (tertiary alicyclic amines) is 1. The fourth-order valence-corrected chi connectivity index (χ4v) is 4.31. The SMILES string of the molecule is Cc1ccc(C2C(=C([O-])c3c(C)nc4ccccn34)C(=O)C(=O)N2CCC[NH+](C)C)cc1. The van der Waals surface area contributed by atoms with Crippen LogP contribution in [0.15, 0.2) is 54.2 Å². The maximum atomic E-state index is 13.8. The molecular weight excluding hydrogens is 404 g/mol. The zero-order valence-corrected chi connectivity index (χ0v) is 18.9. The van der Waals surface area contributed by atoms with Crippen LogP contribution < -0.4 is 10.0 Å². The normalized spacial score (nSPS) is 18.3. The summed E-state index contributed by atoms with van der Waals surface area (Å²) in [6.07, 6.45) is 2.49. The van der Waals surface area contributed by atoms with E-state index in [0.717, 1.165) is 24.1 Å². The molecule has 0 aliphatic carbocycles. The number of quaternary nitrogens is 1. The Morgan fingerprint density at radius 3 is 2.50 bits per heavy atom. The Bertz CT molecular complexity index is 1210. The summed E-state index contributed by atoms with van der Waals surface area (Å²) in [5, 5.41) is 13.8. The van der Waals surface area contributed by atoms with E-state index in [0.29, 0.717) is 23.6 Å². The van der Waals surface area contributed by atoms with Crippen molar-refractivity contribution in [3.05, 3.63) is 76.7 Å². The lowest BCUT2D eigenvalue weighted by Crippen LogP contribution is -3.05. The van der Waals surface area contributed by atoms with Crippen LogP contribution in [-0.4, -0.2) is 53.2 Å². The number of imidazole rings is 1. The van der Waals surface area contributed by atoms with Crippen molar-refractivity contribution in [1.29, 1.82) is 0 Å². The number of aromatic nitrogens is 2. The number of ketones is 1. The Morgan fingerprint density at radius 2 is 1.81 bits per heavy atom. The van der Waals surface area contributed by atoms with Crippen molar-refractivity contribution in [2.45, 2.75) is 26.3 Å². The lowest BCUT2D eigenvalue weighted by Gasteiger charge is -2.27. The number of fused-ring (bicyclic) bond motifs is 1. The van der Waals surface area contributed by atoms with Gasteiger partial charge in [0.2, 0.25) is 5.78 Å². The summed E-state index contributed by atoms with van der Waals surface area (Å²) < 4.78 is 1.69. The largest absolute Gasteiger partial charge is 0.871 e. The van der Waals surface area contributed by atoms with E-state index in [9.17, 15) is 14.7 Å². The van der Waals surface area contributed by atoms with Gasteiger partial charge < -0.3 is 19.3 Å². The average molecular weight is 433 g/mol. The summed E-state index contributed by atoms with van der Waals surface area (Å²) in [5.74, 6) is -1.77. The molecule has 0 saturated carbocycles. The Hall–Kier alpha value is -3.45. The van der Waals surface area contributed by atoms with Gasteiger partial charge in [0.25, 0.3) is 5.91 Å². The second-order valence-electron chi connectivity index (χ2n) is 8.67. The molecule has 3 aromatic rings. The second kappa shape index (κ2) is 8.59. The van der Waals surface area contributed by atoms with Gasteiger partial charge in [0.1, 0.15) is 5.65 Å². The zero-order valence-electron chi connectivity index (χ0n) is 18.9. The maximum absolute atomic E-state index is 13.8. The summed E-state index contributed by atoms with van der Waals surface area (Å²) in [6.45, 7) is 5.00. The average Bonchev–Trinajstić information content (AvgIpc) is 3.22. The smallest absolute Gasteiger partial charge is 0.295 e. The van der Waals surface area contributed by atoms with Crippen LogP contribution in [0.3, 0.4) is 0 Å². The predicted octanol–water partition coefficient (Wildman–Crippen LogP) is 0.710. The molecule has 0 bridgehead atoms. The summed E-state index contributed by atoms with van der Waals surface area (Å²) in [6, 6.07) is 12.4. The molecule has 1 saturated heterocycles. The summed E-state index contributed by atoms with van der Waals surface area (Å²) in [7, 11) is 4.09. The standard InChI is InChI=1S/C25H28N4O3/c1-16-9-11-18(12-10-16)22-20(24(31)25(32)29(22)15-7-13-27(3)4)23(30)21-17(2)26-19-8-5-6-14-28(19)21/h5-6,8-12,14,22,30H,7,13,15H2,1-4H3. The van der Waals surface area contributed by atoms with E-state index in [1.807, 2.05) is 63.5 Å². The minimum absolute atomic E-state index is 0.00445. The van der Waals surface area contributed by atoms with Gasteiger partial charge in [0.05, 0.1) is 38.1 Å². The highest BCUT2D eigenvalue weighted by Crippen LogP contribution is 2.39. The van der Waals surface area contributed by atoms with Crippen molar-refractivity contribution in [2.24, 2.45) is 0 Å². The molecule has 1 aliphatic heterocycles. The number of nitrogens with zero attached hydrogens (tertiary/aromatic N) is 3. The van der Waals surface area contributed by atoms with Gasteiger partial charge in [0, 0.05) is 24.7 Å². The van der Waals surface area contributed by atoms with Crippen LogP contribution in [-0.2, 0) is 9.59 Å². The van der Waals surface area contributed by atoms with Gasteiger partial charge in [-0.25, -0.2) is 4.98 Å². The lowest BCUT2D eigenvalue weighted by atomic mass is 9.95. The van der Waals surface area contributed by atoms with E-state index in [1.54, 1.807) is 22.4 Å². The van der Waals surface area contributed by atoms with Gasteiger partial charge in [-0.3, -0.25) is 9.59 Å². The lowest BCUT2D eigenvalue weighted by molar-refractivity contribution is -0.858. The molecule has 4 rings (SSSR count). The molecule has 2 aromatic heterocycles. The number of carbonyl (C=O) groups is 2. The molecule has 0 spiro atoms. The molecule has 166 valence electrons. The van der Waals surface area contributed by atoms with Gasteiger partial charge in [-0.1, -0.05) is 41.7 Å². The first-order valence-electron chi connectivity index (χ1n) is 10.9. The Morgan fingerprint density at radius 1 is 1.09 bits per heavy atom. The number of hydrogen-bond acceptors (Lipinski definition) is 4. The summed E-state index contributed by atoms with van der Waals surface area (Å²) in [4.78, 5) is 33.5. The van der Waals surface area contributed by atoms with E-state index in [-0.39, 0.29) is 5.57 Å². The third-order valence-corrected chi connectivity index (χ3v) is 5.92. The maximum Gasteiger partial charge on any atom is 0.295 e. The molecule has 1 amide bonds. The van der Waals surface area contributed by atoms with Crippen LogP contribution in [0.1, 0.15) is 35.0 Å². The van der Waals surface area contributed by atoms with Crippen molar-refractivity contribution in [3.8, 4) is 0 Å². The van der Waals surface area contributed by atoms with Crippen molar-refractivity contribution >= 4 is 23.1 Å². The fourth-order valence-electron chi connectivity index (χ4n) is 4.31. The number of hydrogen-bond donors (Lipinski definition) is 1. The molecule has 1 aliphatic rings. The molecule has 1 aromatic carbocycles. The molecule has 7 nitrogen and oxygen atoms in total. The Balaban J connectivity index is 1.87. The molecule has 7 heteroatoms. The first kappa shape index (κ1) is 21.8. The zero-order chi connectivity index (χ0) is 23.0. The number of benzene rings is 1. The molecule has 32 heavy (non-hydrogen) atoms. The van der Waals surface area contributed by atoms with E-state index in [2.05, 4.69) is 4.98 Å². The monoisotopic (exact) mass is 432 g/mol. The highest BCUT2D eigenvalue weighted by Gasteiger charge is 2.44. The van der Waals surface area contributed by atoms with Crippen LogP contribution in [0.2, 0.25) is 0 Å². The minimum Gasteiger partial charge on any atom is -0.871 e. The molecule has 1 atom stereocenters. The van der Waals surface area contributed by atoms with Crippen LogP contribution in [0.5, 0.6) is 0 Å².